The number of nitriles is 1. The van der Waals surface area contributed by atoms with Gasteiger partial charge in [-0.05, 0) is 29.8 Å². The van der Waals surface area contributed by atoms with E-state index in [0.717, 1.165) is 12.1 Å². The zero-order chi connectivity index (χ0) is 17.1. The first-order chi connectivity index (χ1) is 10.8. The van der Waals surface area contributed by atoms with E-state index in [4.69, 9.17) is 5.26 Å². The van der Waals surface area contributed by atoms with E-state index in [2.05, 4.69) is 0 Å². The highest BCUT2D eigenvalue weighted by Crippen LogP contribution is 2.24. The van der Waals surface area contributed by atoms with Crippen molar-refractivity contribution in [2.45, 2.75) is 9.79 Å². The van der Waals surface area contributed by atoms with Crippen molar-refractivity contribution >= 4 is 26.0 Å². The molecule has 0 amide bonds. The van der Waals surface area contributed by atoms with Crippen molar-refractivity contribution in [1.29, 1.82) is 5.26 Å². The number of allylic oxidation sites excluding steroid dienone is 1. The van der Waals surface area contributed by atoms with E-state index in [1.54, 1.807) is 12.1 Å². The quantitative estimate of drug-likeness (QED) is 0.616. The van der Waals surface area contributed by atoms with Crippen LogP contribution in [0.2, 0.25) is 0 Å². The third kappa shape index (κ3) is 3.65. The molecule has 8 heteroatoms. The molecule has 0 fully saturated rings. The normalized spacial score (nSPS) is 12.6. The van der Waals surface area contributed by atoms with Gasteiger partial charge in [-0.2, -0.15) is 5.26 Å². The van der Waals surface area contributed by atoms with Crippen LogP contribution < -0.4 is 0 Å². The Kier molecular flexibility index (Phi) is 4.65. The van der Waals surface area contributed by atoms with Crippen molar-refractivity contribution < 1.29 is 21.4 Å². The molecule has 6 nitrogen and oxygen atoms in total. The fourth-order valence-corrected chi connectivity index (χ4v) is 3.70. The lowest BCUT2D eigenvalue weighted by Crippen LogP contribution is -2.05. The van der Waals surface area contributed by atoms with E-state index >= 15 is 0 Å². The summed E-state index contributed by atoms with van der Waals surface area (Å²) in [5, 5.41) is 9.15. The molecule has 0 atom stereocenters. The second kappa shape index (κ2) is 6.34. The van der Waals surface area contributed by atoms with Crippen LogP contribution in [-0.4, -0.2) is 21.4 Å². The molecule has 118 valence electrons. The van der Waals surface area contributed by atoms with Crippen molar-refractivity contribution in [1.82, 2.24) is 0 Å². The molecule has 0 spiro atoms. The summed E-state index contributed by atoms with van der Waals surface area (Å²) < 4.78 is 58.5. The molecule has 0 aliphatic carbocycles. The predicted molar refractivity (Wildman–Crippen MR) is 81.6 cm³/mol. The van der Waals surface area contributed by atoms with E-state index < -0.39 is 29.8 Å². The first kappa shape index (κ1) is 16.9. The largest absolute Gasteiger partial charge is 0.744 e. The fourth-order valence-electron chi connectivity index (χ4n) is 1.87. The monoisotopic (exact) mass is 348 g/mol. The summed E-state index contributed by atoms with van der Waals surface area (Å²) in [7, 11) is -8.90. The fraction of sp³-hybridized carbons (Fsp3) is 0. The topological polar surface area (TPSA) is 115 Å². The second-order valence-electron chi connectivity index (χ2n) is 4.43. The van der Waals surface area contributed by atoms with Crippen LogP contribution in [0.1, 0.15) is 5.56 Å². The third-order valence-electron chi connectivity index (χ3n) is 2.93. The Morgan fingerprint density at radius 2 is 1.52 bits per heavy atom. The van der Waals surface area contributed by atoms with E-state index in [1.165, 1.54) is 42.5 Å². The second-order valence-corrected chi connectivity index (χ2v) is 7.70. The molecule has 0 N–H and O–H groups in total. The first-order valence-electron chi connectivity index (χ1n) is 6.23. The van der Waals surface area contributed by atoms with Crippen molar-refractivity contribution in [3.63, 3.8) is 0 Å². The lowest BCUT2D eigenvalue weighted by atomic mass is 10.2. The molecule has 2 aromatic carbocycles. The summed E-state index contributed by atoms with van der Waals surface area (Å²) in [6, 6.07) is 13.9. The van der Waals surface area contributed by atoms with Gasteiger partial charge in [0.25, 0.3) is 0 Å². The number of hydrogen-bond donors (Lipinski definition) is 0. The Labute approximate surface area is 134 Å². The number of rotatable bonds is 4. The van der Waals surface area contributed by atoms with Gasteiger partial charge < -0.3 is 4.55 Å². The summed E-state index contributed by atoms with van der Waals surface area (Å²) in [5.41, 5.74) is -0.154. The first-order valence-corrected chi connectivity index (χ1v) is 9.13. The molecule has 23 heavy (non-hydrogen) atoms. The molecular weight excluding hydrogens is 338 g/mol. The van der Waals surface area contributed by atoms with Gasteiger partial charge in [-0.15, -0.1) is 0 Å². The average molecular weight is 348 g/mol. The van der Waals surface area contributed by atoms with Gasteiger partial charge in [0.1, 0.15) is 21.1 Å². The summed E-state index contributed by atoms with van der Waals surface area (Å²) in [6.07, 6.45) is 0.882. The highest BCUT2D eigenvalue weighted by molar-refractivity contribution is 7.95. The molecule has 0 radical (unpaired) electrons. The molecule has 0 saturated carbocycles. The highest BCUT2D eigenvalue weighted by Gasteiger charge is 2.21. The smallest absolute Gasteiger partial charge is 0.216 e. The van der Waals surface area contributed by atoms with Gasteiger partial charge in [0.05, 0.1) is 9.79 Å². The molecular formula is C15H10NO5S2-. The van der Waals surface area contributed by atoms with Gasteiger partial charge in [0, 0.05) is 0 Å². The maximum absolute atomic E-state index is 12.4. The van der Waals surface area contributed by atoms with Crippen molar-refractivity contribution in [3.8, 4) is 6.07 Å². The zero-order valence-electron chi connectivity index (χ0n) is 11.6. The maximum Gasteiger partial charge on any atom is 0.216 e. The number of benzene rings is 2. The van der Waals surface area contributed by atoms with Gasteiger partial charge in [0.2, 0.25) is 9.84 Å². The van der Waals surface area contributed by atoms with Crippen LogP contribution in [0.3, 0.4) is 0 Å². The molecule has 2 rings (SSSR count). The molecule has 2 aromatic rings. The molecule has 0 saturated heterocycles. The SMILES string of the molecule is N#C/C(=C\c1ccccc1S(=O)(=O)[O-])S(=O)(=O)c1ccccc1. The van der Waals surface area contributed by atoms with Gasteiger partial charge in [0.15, 0.2) is 0 Å². The predicted octanol–water partition coefficient (Wildman–Crippen LogP) is 1.93. The van der Waals surface area contributed by atoms with Gasteiger partial charge in [-0.25, -0.2) is 16.8 Å². The number of nitrogens with zero attached hydrogens (tertiary/aromatic N) is 1. The van der Waals surface area contributed by atoms with Crippen LogP contribution in [0.15, 0.2) is 69.3 Å². The van der Waals surface area contributed by atoms with Gasteiger partial charge >= 0.3 is 0 Å². The minimum Gasteiger partial charge on any atom is -0.744 e. The third-order valence-corrected chi connectivity index (χ3v) is 5.52. The van der Waals surface area contributed by atoms with Gasteiger partial charge in [-0.3, -0.25) is 0 Å². The average Bonchev–Trinajstić information content (AvgIpc) is 2.52. The minimum atomic E-state index is -4.80. The Balaban J connectivity index is 2.65. The van der Waals surface area contributed by atoms with E-state index in [-0.39, 0.29) is 10.5 Å². The molecule has 0 unspecified atom stereocenters. The Bertz CT molecular complexity index is 1000. The molecule has 0 aliphatic rings. The highest BCUT2D eigenvalue weighted by atomic mass is 32.2. The van der Waals surface area contributed by atoms with Crippen molar-refractivity contribution in [2.24, 2.45) is 0 Å². The Morgan fingerprint density at radius 1 is 0.957 bits per heavy atom. The van der Waals surface area contributed by atoms with Crippen LogP contribution in [0.4, 0.5) is 0 Å². The molecule has 0 heterocycles. The van der Waals surface area contributed by atoms with E-state index in [1.807, 2.05) is 0 Å². The molecule has 0 aliphatic heterocycles. The van der Waals surface area contributed by atoms with Crippen LogP contribution in [0.25, 0.3) is 6.08 Å². The zero-order valence-corrected chi connectivity index (χ0v) is 13.2. The lowest BCUT2D eigenvalue weighted by molar-refractivity contribution is 0.463. The van der Waals surface area contributed by atoms with E-state index in [9.17, 15) is 21.4 Å². The summed E-state index contributed by atoms with van der Waals surface area (Å²) in [6.45, 7) is 0. The number of hydrogen-bond acceptors (Lipinski definition) is 6. The van der Waals surface area contributed by atoms with Crippen LogP contribution >= 0.6 is 0 Å². The van der Waals surface area contributed by atoms with Crippen molar-refractivity contribution in [3.05, 3.63) is 65.1 Å². The standard InChI is InChI=1S/C15H11NO5S2/c16-11-14(22(17,18)13-7-2-1-3-8-13)10-12-6-4-5-9-15(12)23(19,20)21/h1-10H,(H,19,20,21)/p-1/b14-10+. The van der Waals surface area contributed by atoms with Crippen molar-refractivity contribution in [2.75, 3.05) is 0 Å². The number of sulfone groups is 1. The van der Waals surface area contributed by atoms with Gasteiger partial charge in [-0.1, -0.05) is 36.4 Å². The summed E-state index contributed by atoms with van der Waals surface area (Å²) in [5.74, 6) is 0. The Morgan fingerprint density at radius 3 is 2.09 bits per heavy atom. The lowest BCUT2D eigenvalue weighted by Gasteiger charge is -2.10. The maximum atomic E-state index is 12.4. The summed E-state index contributed by atoms with van der Waals surface area (Å²) >= 11 is 0. The van der Waals surface area contributed by atoms with Crippen LogP contribution in [0.5, 0.6) is 0 Å². The minimum absolute atomic E-state index is 0.102. The molecule has 0 bridgehead atoms. The van der Waals surface area contributed by atoms with Crippen LogP contribution in [-0.2, 0) is 20.0 Å². The molecule has 0 aromatic heterocycles. The Hall–Kier alpha value is -2.47. The van der Waals surface area contributed by atoms with Crippen LogP contribution in [0, 0.1) is 11.3 Å². The summed E-state index contributed by atoms with van der Waals surface area (Å²) in [4.78, 5) is -1.34. The van der Waals surface area contributed by atoms with E-state index in [0.29, 0.717) is 0 Å².